The minimum atomic E-state index is -3.69. The molecule has 55 heavy (non-hydrogen) atoms. The molecular weight excluding hydrogens is 790 g/mol. The van der Waals surface area contributed by atoms with Crippen molar-refractivity contribution in [2.24, 2.45) is 0 Å². The highest BCUT2D eigenvalue weighted by Crippen LogP contribution is 2.30. The largest absolute Gasteiger partial charge is 1.00 e. The molecule has 0 aromatic heterocycles. The third-order valence-electron chi connectivity index (χ3n) is 10.7. The van der Waals surface area contributed by atoms with Crippen LogP contribution in [0.4, 0.5) is 0 Å². The van der Waals surface area contributed by atoms with Crippen LogP contribution in [0.2, 0.25) is 38.8 Å². The van der Waals surface area contributed by atoms with Gasteiger partial charge in [0.05, 0.1) is 27.2 Å². The minimum absolute atomic E-state index is 0. The highest BCUT2D eigenvalue weighted by atomic mass is 35.5. The predicted octanol–water partition coefficient (Wildman–Crippen LogP) is 7.34. The fraction of sp³-hybridized carbons (Fsp3) is 0.714. The Morgan fingerprint density at radius 3 is 1.33 bits per heavy atom. The van der Waals surface area contributed by atoms with E-state index in [9.17, 15) is 0 Å². The summed E-state index contributed by atoms with van der Waals surface area (Å²) in [5, 5.41) is 2.35. The van der Waals surface area contributed by atoms with Gasteiger partial charge in [0.15, 0.2) is 0 Å². The molecule has 0 bridgehead atoms. The summed E-state index contributed by atoms with van der Waals surface area (Å²) in [7, 11) is -3.83. The average molecular weight is 871 g/mol. The van der Waals surface area contributed by atoms with Crippen molar-refractivity contribution < 1.29 is 42.2 Å². The van der Waals surface area contributed by atoms with Crippen molar-refractivity contribution in [3.05, 3.63) is 60.7 Å². The first kappa shape index (κ1) is 52.6. The van der Waals surface area contributed by atoms with E-state index in [-0.39, 0.29) is 22.2 Å². The molecule has 316 valence electrons. The van der Waals surface area contributed by atoms with E-state index in [4.69, 9.17) is 25.3 Å². The fourth-order valence-corrected chi connectivity index (χ4v) is 23.7. The Hall–Kier alpha value is -0.466. The third-order valence-corrected chi connectivity index (χ3v) is 26.6. The lowest BCUT2D eigenvalue weighted by Crippen LogP contribution is -3.00. The molecule has 0 aliphatic heterocycles. The SMILES string of the molecule is CCCCCCCCCCCCCCCCCC[N+](C)(C)CCC[Si](OC)(O[Si](OC)(O[Si]C)O[Si](C)(C)c1ccccc1)O[Si](C)(C)c1ccccc1.[Cl-]. The molecule has 7 nitrogen and oxygen atoms in total. The number of halogens is 1. The Bertz CT molecular complexity index is 1240. The number of benzene rings is 2. The van der Waals surface area contributed by atoms with Gasteiger partial charge < -0.3 is 42.2 Å². The number of quaternary nitrogens is 1. The molecule has 0 N–H and O–H groups in total. The van der Waals surface area contributed by atoms with Crippen molar-refractivity contribution in [3.63, 3.8) is 0 Å². The van der Waals surface area contributed by atoms with Crippen LogP contribution in [0.1, 0.15) is 116 Å². The molecule has 2 radical (unpaired) electrons. The first-order chi connectivity index (χ1) is 25.8. The normalized spacial score (nSPS) is 14.7. The van der Waals surface area contributed by atoms with E-state index in [1.807, 2.05) is 18.7 Å². The van der Waals surface area contributed by atoms with E-state index < -0.39 is 34.5 Å². The first-order valence-corrected chi connectivity index (χ1v) is 32.1. The van der Waals surface area contributed by atoms with Gasteiger partial charge in [-0.25, -0.2) is 0 Å². The molecule has 2 aromatic rings. The highest BCUT2D eigenvalue weighted by molar-refractivity contribution is 6.93. The van der Waals surface area contributed by atoms with Gasteiger partial charge in [0, 0.05) is 26.7 Å². The maximum Gasteiger partial charge on any atom is 0.650 e. The maximum atomic E-state index is 7.23. The van der Waals surface area contributed by atoms with Crippen molar-refractivity contribution in [2.75, 3.05) is 41.4 Å². The molecule has 0 aliphatic carbocycles. The van der Waals surface area contributed by atoms with Gasteiger partial charge >= 0.3 is 17.9 Å². The number of rotatable bonds is 33. The standard InChI is InChI=1S/C42H80NO6Si5.ClH/c1-11-12-13-14-15-16-17-18-19-20-21-22-23-24-25-32-38-43(2,3)39-33-40-53(44-4,47-51(7,8)41-34-28-26-29-35-41)49-54(45-5,46-50-6)48-52(9,10)42-36-30-27-31-37-42;/h26-31,34-37H,11-25,32-33,38-40H2,1-10H3;1H/q+1;/p-1. The van der Waals surface area contributed by atoms with E-state index in [0.29, 0.717) is 6.04 Å². The summed E-state index contributed by atoms with van der Waals surface area (Å²) in [6.07, 6.45) is 23.2. The zero-order valence-electron chi connectivity index (χ0n) is 36.7. The zero-order chi connectivity index (χ0) is 39.8. The topological polar surface area (TPSA) is 55.4 Å². The minimum Gasteiger partial charge on any atom is -1.00 e. The Kier molecular flexibility index (Phi) is 26.8. The summed E-state index contributed by atoms with van der Waals surface area (Å²) >= 11 is 0. The quantitative estimate of drug-likeness (QED) is 0.0426. The second-order valence-electron chi connectivity index (χ2n) is 16.7. The van der Waals surface area contributed by atoms with Gasteiger partial charge in [-0.2, -0.15) is 0 Å². The van der Waals surface area contributed by atoms with E-state index >= 15 is 0 Å². The molecule has 0 saturated heterocycles. The summed E-state index contributed by atoms with van der Waals surface area (Å²) in [6, 6.07) is 21.6. The van der Waals surface area contributed by atoms with Crippen molar-refractivity contribution in [1.29, 1.82) is 0 Å². The summed E-state index contributed by atoms with van der Waals surface area (Å²) in [5.41, 5.74) is 0. The fourth-order valence-electron chi connectivity index (χ4n) is 7.23. The molecule has 2 atom stereocenters. The lowest BCUT2D eigenvalue weighted by molar-refractivity contribution is -0.890. The van der Waals surface area contributed by atoms with Crippen LogP contribution < -0.4 is 22.8 Å². The Balaban J connectivity index is 0.0000151. The van der Waals surface area contributed by atoms with Gasteiger partial charge in [-0.1, -0.05) is 157 Å². The lowest BCUT2D eigenvalue weighted by Gasteiger charge is -2.42. The van der Waals surface area contributed by atoms with Crippen LogP contribution in [-0.4, -0.2) is 90.1 Å². The molecular formula is C42H80ClNO6Si5. The molecule has 2 unspecified atom stereocenters. The molecule has 0 saturated carbocycles. The van der Waals surface area contributed by atoms with Crippen molar-refractivity contribution in [2.45, 2.75) is 155 Å². The van der Waals surface area contributed by atoms with E-state index in [2.05, 4.69) is 95.7 Å². The number of hydrogen-bond acceptors (Lipinski definition) is 6. The maximum absolute atomic E-state index is 7.23. The van der Waals surface area contributed by atoms with Crippen LogP contribution in [0.5, 0.6) is 0 Å². The van der Waals surface area contributed by atoms with Crippen LogP contribution in [-0.2, 0) is 25.3 Å². The van der Waals surface area contributed by atoms with Gasteiger partial charge in [-0.05, 0) is 56.0 Å². The Morgan fingerprint density at radius 1 is 0.527 bits per heavy atom. The smallest absolute Gasteiger partial charge is 0.650 e. The monoisotopic (exact) mass is 869 g/mol. The van der Waals surface area contributed by atoms with Gasteiger partial charge in [0.2, 0.25) is 26.4 Å². The summed E-state index contributed by atoms with van der Waals surface area (Å²) in [5.74, 6) is 0. The van der Waals surface area contributed by atoms with E-state index in [1.54, 1.807) is 14.2 Å². The molecule has 0 amide bonds. The second kappa shape index (κ2) is 28.1. The van der Waals surface area contributed by atoms with Crippen LogP contribution in [0.15, 0.2) is 60.7 Å². The second-order valence-corrected chi connectivity index (χ2v) is 31.3. The van der Waals surface area contributed by atoms with Gasteiger partial charge in [-0.15, -0.1) is 0 Å². The number of hydrogen-bond donors (Lipinski definition) is 0. The summed E-state index contributed by atoms with van der Waals surface area (Å²) in [4.78, 5) is 0. The average Bonchev–Trinajstić information content (AvgIpc) is 3.15. The molecule has 0 aliphatic rings. The zero-order valence-corrected chi connectivity index (χ0v) is 42.4. The molecule has 0 heterocycles. The Morgan fingerprint density at radius 2 is 0.927 bits per heavy atom. The molecule has 2 aromatic carbocycles. The Labute approximate surface area is 352 Å². The van der Waals surface area contributed by atoms with Crippen LogP contribution in [0.25, 0.3) is 0 Å². The highest BCUT2D eigenvalue weighted by Gasteiger charge is 2.59. The van der Waals surface area contributed by atoms with Gasteiger partial charge in [-0.3, -0.25) is 0 Å². The van der Waals surface area contributed by atoms with Gasteiger partial charge in [0.25, 0.3) is 0 Å². The van der Waals surface area contributed by atoms with Crippen molar-refractivity contribution >= 4 is 54.6 Å². The molecule has 13 heteroatoms. The number of nitrogens with zero attached hydrogens (tertiary/aromatic N) is 1. The lowest BCUT2D eigenvalue weighted by atomic mass is 10.0. The van der Waals surface area contributed by atoms with Crippen LogP contribution in [0, 0.1) is 0 Å². The molecule has 0 spiro atoms. The third kappa shape index (κ3) is 20.9. The van der Waals surface area contributed by atoms with Crippen LogP contribution >= 0.6 is 0 Å². The molecule has 0 fully saturated rings. The number of unbranched alkanes of at least 4 members (excludes halogenated alkanes) is 15. The van der Waals surface area contributed by atoms with E-state index in [1.165, 1.54) is 114 Å². The van der Waals surface area contributed by atoms with E-state index in [0.717, 1.165) is 22.6 Å². The summed E-state index contributed by atoms with van der Waals surface area (Å²) in [6.45, 7) is 15.3. The van der Waals surface area contributed by atoms with Crippen LogP contribution in [0.3, 0.4) is 0 Å². The van der Waals surface area contributed by atoms with Gasteiger partial charge in [0.1, 0.15) is 0 Å². The predicted molar refractivity (Wildman–Crippen MR) is 239 cm³/mol. The first-order valence-electron chi connectivity index (χ1n) is 21.3. The molecule has 2 rings (SSSR count). The summed E-state index contributed by atoms with van der Waals surface area (Å²) < 4.78 is 41.4. The van der Waals surface area contributed by atoms with Crippen molar-refractivity contribution in [1.82, 2.24) is 0 Å². The van der Waals surface area contributed by atoms with Crippen molar-refractivity contribution in [3.8, 4) is 0 Å².